The van der Waals surface area contributed by atoms with Gasteiger partial charge in [-0.05, 0) is 4.89 Å². The van der Waals surface area contributed by atoms with Crippen LogP contribution in [-0.4, -0.2) is 0 Å². The van der Waals surface area contributed by atoms with Crippen molar-refractivity contribution in [1.82, 2.24) is 0 Å². The Hall–Kier alpha value is -0.210. The molecule has 0 N–H and O–H groups in total. The summed E-state index contributed by atoms with van der Waals surface area (Å²) < 4.78 is 0. The van der Waals surface area contributed by atoms with Gasteiger partial charge in [0, 0.05) is 5.26 Å². The van der Waals surface area contributed by atoms with Crippen LogP contribution >= 0.6 is 0 Å². The molecule has 0 spiro atoms. The highest BCUT2D eigenvalue weighted by molar-refractivity contribution is 4.19. The topological polar surface area (TPSA) is 29.1 Å². The predicted octanol–water partition coefficient (Wildman–Crippen LogP) is 0.530. The molecule has 0 bridgehead atoms. The molecule has 2 heteroatoms. The second kappa shape index (κ2) is 2.79. The summed E-state index contributed by atoms with van der Waals surface area (Å²) in [6, 6.07) is 0. The molecule has 0 aliphatic carbocycles. The van der Waals surface area contributed by atoms with Crippen molar-refractivity contribution < 1.29 is 10.1 Å². The maximum atomic E-state index is 8.74. The fourth-order valence-electron chi connectivity index (χ4n) is 0. The molecule has 0 amide bonds. The van der Waals surface area contributed by atoms with E-state index in [1.165, 1.54) is 6.92 Å². The highest BCUT2D eigenvalue weighted by Gasteiger charge is 1.74. The lowest BCUT2D eigenvalue weighted by Crippen LogP contribution is -1.62. The molecule has 0 aromatic rings. The molecule has 0 saturated carbocycles. The zero-order chi connectivity index (χ0) is 3.41. The van der Waals surface area contributed by atoms with Crippen molar-refractivity contribution in [2.24, 2.45) is 0 Å². The van der Waals surface area contributed by atoms with Crippen molar-refractivity contribution in [2.75, 3.05) is 0 Å². The molecular weight excluding hydrogens is 56.0 g/mol. The Balaban J connectivity index is 1.97. The third-order valence-electron chi connectivity index (χ3n) is 0.0962. The van der Waals surface area contributed by atoms with Gasteiger partial charge in [-0.3, -0.25) is 0 Å². The van der Waals surface area contributed by atoms with Crippen LogP contribution in [0.25, 0.3) is 0 Å². The molecule has 0 heterocycles. The Kier molecular flexibility index (Phi) is 2.64. The first-order valence-corrected chi connectivity index (χ1v) is 0.980. The van der Waals surface area contributed by atoms with E-state index in [9.17, 15) is 0 Å². The Morgan fingerprint density at radius 3 is 2.25 bits per heavy atom. The first kappa shape index (κ1) is 3.79. The van der Waals surface area contributed by atoms with E-state index < -0.39 is 0 Å². The lowest BCUT2D eigenvalue weighted by atomic mass is 10.9. The largest absolute Gasteiger partial charge is 0.268 e. The molecule has 0 aromatic heterocycles. The minimum Gasteiger partial charge on any atom is -0.00281 e. The summed E-state index contributed by atoms with van der Waals surface area (Å²) in [5.41, 5.74) is 0. The lowest BCUT2D eigenvalue weighted by Gasteiger charge is -1.51. The minimum atomic E-state index is 1.07. The van der Waals surface area contributed by atoms with Crippen LogP contribution in [-0.2, 0) is 10.1 Å². The summed E-state index contributed by atoms with van der Waals surface area (Å²) in [6.45, 7) is 2.59. The van der Waals surface area contributed by atoms with Crippen molar-refractivity contribution in [2.45, 2.75) is 6.92 Å². The SMILES string of the molecule is C[CH+]O[O]. The van der Waals surface area contributed by atoms with Crippen molar-refractivity contribution >= 4 is 0 Å². The standard InChI is InChI=1S/C2H4O2/c1-2-4-3/h2H,1H3/q+1. The predicted molar refractivity (Wildman–Crippen MR) is 11.7 cm³/mol. The van der Waals surface area contributed by atoms with Crippen LogP contribution < -0.4 is 0 Å². The molecule has 0 fully saturated rings. The van der Waals surface area contributed by atoms with E-state index in [1.807, 2.05) is 0 Å². The normalized spacial score (nSPS) is 6.50. The molecule has 1 radical (unpaired) electrons. The third-order valence-corrected chi connectivity index (χ3v) is 0.0962. The monoisotopic (exact) mass is 60.0 g/mol. The molecule has 0 saturated heterocycles. The molecule has 0 aliphatic heterocycles. The zero-order valence-corrected chi connectivity index (χ0v) is 2.39. The molecule has 0 aliphatic rings. The van der Waals surface area contributed by atoms with Gasteiger partial charge in [0.25, 0.3) is 6.61 Å². The van der Waals surface area contributed by atoms with Crippen molar-refractivity contribution in [3.05, 3.63) is 6.61 Å². The number of rotatable bonds is 1. The van der Waals surface area contributed by atoms with Gasteiger partial charge in [-0.2, -0.15) is 0 Å². The zero-order valence-electron chi connectivity index (χ0n) is 2.39. The molecule has 0 unspecified atom stereocenters. The van der Waals surface area contributed by atoms with Gasteiger partial charge in [0.05, 0.1) is 0 Å². The van der Waals surface area contributed by atoms with Crippen LogP contribution in [0.3, 0.4) is 0 Å². The van der Waals surface area contributed by atoms with Gasteiger partial charge in [0.1, 0.15) is 6.92 Å². The first-order valence-electron chi connectivity index (χ1n) is 0.980. The summed E-state index contributed by atoms with van der Waals surface area (Å²) >= 11 is 0. The Morgan fingerprint density at radius 1 is 2.00 bits per heavy atom. The minimum absolute atomic E-state index is 1.07. The van der Waals surface area contributed by atoms with Gasteiger partial charge < -0.3 is 0 Å². The second-order valence-corrected chi connectivity index (χ2v) is 0.332. The summed E-state index contributed by atoms with van der Waals surface area (Å²) in [5, 5.41) is 8.74. The van der Waals surface area contributed by atoms with Crippen LogP contribution in [0.15, 0.2) is 0 Å². The van der Waals surface area contributed by atoms with Gasteiger partial charge in [-0.15, -0.1) is 0 Å². The quantitative estimate of drug-likeness (QED) is 0.246. The fourth-order valence-corrected chi connectivity index (χ4v) is 0. The van der Waals surface area contributed by atoms with Gasteiger partial charge in [-0.1, -0.05) is 0 Å². The summed E-state index contributed by atoms with van der Waals surface area (Å²) in [6.07, 6.45) is 0. The number of hydrogen-bond acceptors (Lipinski definition) is 1. The maximum Gasteiger partial charge on any atom is 0.268 e. The van der Waals surface area contributed by atoms with E-state index in [2.05, 4.69) is 4.89 Å². The summed E-state index contributed by atoms with van der Waals surface area (Å²) in [4.78, 5) is 3.17. The molecule has 4 heavy (non-hydrogen) atoms. The molecule has 0 atom stereocenters. The van der Waals surface area contributed by atoms with Crippen molar-refractivity contribution in [1.29, 1.82) is 0 Å². The van der Waals surface area contributed by atoms with E-state index in [0.29, 0.717) is 0 Å². The molecule has 0 aromatic carbocycles. The fraction of sp³-hybridized carbons (Fsp3) is 0.500. The van der Waals surface area contributed by atoms with Crippen molar-refractivity contribution in [3.8, 4) is 0 Å². The van der Waals surface area contributed by atoms with E-state index >= 15 is 0 Å². The first-order chi connectivity index (χ1) is 1.91. The smallest absolute Gasteiger partial charge is 0.00281 e. The van der Waals surface area contributed by atoms with Gasteiger partial charge >= 0.3 is 0 Å². The molecule has 2 nitrogen and oxygen atoms in total. The third kappa shape index (κ3) is 1.79. The highest BCUT2D eigenvalue weighted by Crippen LogP contribution is 1.64. The number of hydrogen-bond donors (Lipinski definition) is 0. The second-order valence-electron chi connectivity index (χ2n) is 0.332. The Bertz CT molecular complexity index is 6.00. The lowest BCUT2D eigenvalue weighted by molar-refractivity contribution is -0.273. The van der Waals surface area contributed by atoms with Crippen LogP contribution in [0.4, 0.5) is 0 Å². The highest BCUT2D eigenvalue weighted by atomic mass is 17.1. The molecule has 23 valence electrons. The van der Waals surface area contributed by atoms with Gasteiger partial charge in [0.15, 0.2) is 0 Å². The van der Waals surface area contributed by atoms with E-state index in [-0.39, 0.29) is 0 Å². The van der Waals surface area contributed by atoms with Crippen LogP contribution in [0.2, 0.25) is 0 Å². The van der Waals surface area contributed by atoms with Crippen molar-refractivity contribution in [3.63, 3.8) is 0 Å². The Morgan fingerprint density at radius 2 is 2.25 bits per heavy atom. The van der Waals surface area contributed by atoms with Gasteiger partial charge in [0.2, 0.25) is 0 Å². The Labute approximate surface area is 24.9 Å². The summed E-state index contributed by atoms with van der Waals surface area (Å²) in [5.74, 6) is 0. The van der Waals surface area contributed by atoms with Crippen LogP contribution in [0.5, 0.6) is 0 Å². The van der Waals surface area contributed by atoms with E-state index in [0.717, 1.165) is 6.61 Å². The maximum absolute atomic E-state index is 8.74. The van der Waals surface area contributed by atoms with Crippen LogP contribution in [0.1, 0.15) is 6.92 Å². The average molecular weight is 60.1 g/mol. The van der Waals surface area contributed by atoms with Gasteiger partial charge in [-0.25, -0.2) is 0 Å². The summed E-state index contributed by atoms with van der Waals surface area (Å²) in [7, 11) is 0. The van der Waals surface area contributed by atoms with E-state index in [4.69, 9.17) is 5.26 Å². The molecular formula is C2H4O2+. The average Bonchev–Trinajstić information content (AvgIpc) is 1.37. The van der Waals surface area contributed by atoms with Crippen LogP contribution in [0, 0.1) is 6.61 Å². The molecule has 0 rings (SSSR count). The van der Waals surface area contributed by atoms with E-state index in [1.54, 1.807) is 0 Å².